The highest BCUT2D eigenvalue weighted by atomic mass is 35.5. The second-order valence-electron chi connectivity index (χ2n) is 5.98. The van der Waals surface area contributed by atoms with Crippen LogP contribution in [-0.2, 0) is 4.79 Å². The molecule has 0 atom stereocenters. The molecule has 0 aromatic heterocycles. The van der Waals surface area contributed by atoms with Gasteiger partial charge in [-0.1, -0.05) is 11.6 Å². The van der Waals surface area contributed by atoms with Crippen LogP contribution in [0.3, 0.4) is 0 Å². The van der Waals surface area contributed by atoms with E-state index in [1.165, 1.54) is 12.1 Å². The van der Waals surface area contributed by atoms with Crippen molar-refractivity contribution >= 4 is 28.7 Å². The summed E-state index contributed by atoms with van der Waals surface area (Å²) in [7, 11) is 0. The number of Topliss-reactive ketones (excluding diaryl/α,β-unsaturated/α-hetero) is 1. The van der Waals surface area contributed by atoms with E-state index in [9.17, 15) is 15.0 Å². The summed E-state index contributed by atoms with van der Waals surface area (Å²) in [6.45, 7) is 5.48. The molecule has 0 bridgehead atoms. The third kappa shape index (κ3) is 4.07. The number of benzene rings is 1. The average Bonchev–Trinajstić information content (AvgIpc) is 2.55. The minimum atomic E-state index is -0.171. The number of rotatable bonds is 4. The maximum atomic E-state index is 11.2. The molecule has 0 spiro atoms. The van der Waals surface area contributed by atoms with Crippen molar-refractivity contribution < 1.29 is 15.0 Å². The van der Waals surface area contributed by atoms with Crippen LogP contribution in [-0.4, -0.2) is 46.2 Å². The Labute approximate surface area is 146 Å². The van der Waals surface area contributed by atoms with Crippen LogP contribution >= 0.6 is 11.6 Å². The Morgan fingerprint density at radius 3 is 2.67 bits per heavy atom. The first-order valence-corrected chi connectivity index (χ1v) is 8.11. The van der Waals surface area contributed by atoms with Crippen LogP contribution < -0.4 is 5.84 Å². The van der Waals surface area contributed by atoms with Gasteiger partial charge in [0.2, 0.25) is 0 Å². The van der Waals surface area contributed by atoms with Crippen molar-refractivity contribution in [2.75, 3.05) is 19.6 Å². The molecule has 4 N–H and O–H groups in total. The van der Waals surface area contributed by atoms with Gasteiger partial charge in [0.1, 0.15) is 17.3 Å². The average molecular weight is 352 g/mol. The third-order valence-electron chi connectivity index (χ3n) is 4.25. The fraction of sp³-hybridized carbons (Fsp3) is 0.412. The van der Waals surface area contributed by atoms with Gasteiger partial charge in [-0.25, -0.2) is 0 Å². The van der Waals surface area contributed by atoms with Gasteiger partial charge in [0, 0.05) is 44.1 Å². The first-order valence-electron chi connectivity index (χ1n) is 7.74. The molecular formula is C17H22ClN3O3. The highest BCUT2D eigenvalue weighted by Gasteiger charge is 2.23. The van der Waals surface area contributed by atoms with Crippen LogP contribution in [0.5, 0.6) is 11.5 Å². The lowest BCUT2D eigenvalue weighted by atomic mass is 9.92. The minimum absolute atomic E-state index is 0.0564. The quantitative estimate of drug-likeness (QED) is 0.571. The number of hydrogen-bond acceptors (Lipinski definition) is 6. The van der Waals surface area contributed by atoms with Gasteiger partial charge in [0.15, 0.2) is 0 Å². The molecule has 0 radical (unpaired) electrons. The first-order chi connectivity index (χ1) is 11.3. The largest absolute Gasteiger partial charge is 0.507 e. The molecule has 0 saturated carbocycles. The molecule has 1 heterocycles. The number of hydrazone groups is 1. The van der Waals surface area contributed by atoms with Crippen LogP contribution in [0.2, 0.25) is 5.02 Å². The molecule has 1 aromatic rings. The lowest BCUT2D eigenvalue weighted by molar-refractivity contribution is -0.117. The number of carbonyl (C=O) groups is 1. The van der Waals surface area contributed by atoms with Crippen molar-refractivity contribution in [1.82, 2.24) is 4.90 Å². The summed E-state index contributed by atoms with van der Waals surface area (Å²) < 4.78 is 0. The zero-order chi connectivity index (χ0) is 17.9. The van der Waals surface area contributed by atoms with E-state index in [2.05, 4.69) is 10.0 Å². The van der Waals surface area contributed by atoms with Crippen LogP contribution in [0.25, 0.3) is 5.57 Å². The number of nitrogens with two attached hydrogens (primary N) is 1. The molecule has 1 saturated heterocycles. The predicted octanol–water partition coefficient (Wildman–Crippen LogP) is 2.52. The lowest BCUT2D eigenvalue weighted by Crippen LogP contribution is -2.37. The number of aromatic hydroxyl groups is 2. The van der Waals surface area contributed by atoms with E-state index in [1.807, 2.05) is 6.92 Å². The molecule has 7 heteroatoms. The highest BCUT2D eigenvalue weighted by molar-refractivity contribution is 6.32. The van der Waals surface area contributed by atoms with E-state index >= 15 is 0 Å². The molecule has 0 unspecified atom stereocenters. The number of phenolic OH excluding ortho intramolecular Hbond substituents is 2. The summed E-state index contributed by atoms with van der Waals surface area (Å²) in [4.78, 5) is 13.4. The third-order valence-corrected chi connectivity index (χ3v) is 4.56. The van der Waals surface area contributed by atoms with Gasteiger partial charge in [0.25, 0.3) is 0 Å². The summed E-state index contributed by atoms with van der Waals surface area (Å²) in [6.07, 6.45) is 1.17. The number of hydrogen-bond donors (Lipinski definition) is 3. The summed E-state index contributed by atoms with van der Waals surface area (Å²) in [5.41, 5.74) is 3.01. The zero-order valence-electron chi connectivity index (χ0n) is 13.8. The van der Waals surface area contributed by atoms with Gasteiger partial charge >= 0.3 is 0 Å². The summed E-state index contributed by atoms with van der Waals surface area (Å²) in [5.74, 6) is 5.45. The van der Waals surface area contributed by atoms with Crippen molar-refractivity contribution in [2.45, 2.75) is 26.7 Å². The fourth-order valence-corrected chi connectivity index (χ4v) is 2.97. The second-order valence-corrected chi connectivity index (χ2v) is 6.39. The van der Waals surface area contributed by atoms with Gasteiger partial charge in [-0.3, -0.25) is 9.69 Å². The Balaban J connectivity index is 2.38. The molecule has 0 amide bonds. The van der Waals surface area contributed by atoms with E-state index in [4.69, 9.17) is 17.4 Å². The number of piperidine rings is 1. The van der Waals surface area contributed by atoms with E-state index in [1.54, 1.807) is 6.92 Å². The fourth-order valence-electron chi connectivity index (χ4n) is 2.81. The topological polar surface area (TPSA) is 99.2 Å². The summed E-state index contributed by atoms with van der Waals surface area (Å²) >= 11 is 5.97. The maximum absolute atomic E-state index is 11.2. The Bertz CT molecular complexity index is 713. The monoisotopic (exact) mass is 351 g/mol. The molecule has 1 fully saturated rings. The number of likely N-dealkylation sites (tertiary alicyclic amines) is 1. The Morgan fingerprint density at radius 1 is 1.33 bits per heavy atom. The van der Waals surface area contributed by atoms with Gasteiger partial charge in [0.05, 0.1) is 10.7 Å². The number of phenols is 2. The SMILES string of the molecule is CC(=O)CCN1CCC(=N/N)/C(=C(\C)c2cc(Cl)c(O)cc2O)C1. The highest BCUT2D eigenvalue weighted by Crippen LogP contribution is 2.36. The van der Waals surface area contributed by atoms with Crippen molar-refractivity contribution in [1.29, 1.82) is 0 Å². The van der Waals surface area contributed by atoms with Crippen molar-refractivity contribution in [3.8, 4) is 11.5 Å². The molecular weight excluding hydrogens is 330 g/mol. The summed E-state index contributed by atoms with van der Waals surface area (Å²) in [6, 6.07) is 2.74. The van der Waals surface area contributed by atoms with E-state index < -0.39 is 0 Å². The van der Waals surface area contributed by atoms with E-state index in [0.29, 0.717) is 31.5 Å². The minimum Gasteiger partial charge on any atom is -0.507 e. The van der Waals surface area contributed by atoms with Crippen LogP contribution in [0.1, 0.15) is 32.3 Å². The molecule has 130 valence electrons. The van der Waals surface area contributed by atoms with Crippen molar-refractivity contribution in [3.05, 3.63) is 28.3 Å². The van der Waals surface area contributed by atoms with Crippen LogP contribution in [0, 0.1) is 0 Å². The lowest BCUT2D eigenvalue weighted by Gasteiger charge is -2.30. The van der Waals surface area contributed by atoms with Gasteiger partial charge in [-0.15, -0.1) is 0 Å². The van der Waals surface area contributed by atoms with E-state index in [0.717, 1.165) is 23.4 Å². The van der Waals surface area contributed by atoms with Crippen LogP contribution in [0.4, 0.5) is 0 Å². The van der Waals surface area contributed by atoms with Crippen molar-refractivity contribution in [2.24, 2.45) is 10.9 Å². The number of carbonyl (C=O) groups excluding carboxylic acids is 1. The molecule has 1 aliphatic heterocycles. The molecule has 2 rings (SSSR count). The van der Waals surface area contributed by atoms with Gasteiger partial charge in [-0.2, -0.15) is 5.10 Å². The zero-order valence-corrected chi connectivity index (χ0v) is 14.6. The number of halogens is 1. The van der Waals surface area contributed by atoms with E-state index in [-0.39, 0.29) is 22.3 Å². The summed E-state index contributed by atoms with van der Waals surface area (Å²) in [5, 5.41) is 23.8. The molecule has 1 aliphatic rings. The molecule has 1 aromatic carbocycles. The predicted molar refractivity (Wildman–Crippen MR) is 95.4 cm³/mol. The van der Waals surface area contributed by atoms with Crippen molar-refractivity contribution in [3.63, 3.8) is 0 Å². The second kappa shape index (κ2) is 7.68. The Hall–Kier alpha value is -2.05. The van der Waals surface area contributed by atoms with Crippen LogP contribution in [0.15, 0.2) is 22.8 Å². The maximum Gasteiger partial charge on any atom is 0.137 e. The standard InChI is InChI=1S/C17H22ClN3O3/c1-10(22)3-5-21-6-4-15(20-19)13(9-21)11(2)12-7-14(18)17(24)8-16(12)23/h7-8,23-24H,3-6,9,19H2,1-2H3/b13-11+,20-15-. The molecule has 6 nitrogen and oxygen atoms in total. The number of nitrogens with zero attached hydrogens (tertiary/aromatic N) is 2. The molecule has 0 aliphatic carbocycles. The Kier molecular flexibility index (Phi) is 5.85. The molecule has 24 heavy (non-hydrogen) atoms. The first kappa shape index (κ1) is 18.3. The normalized spacial score (nSPS) is 19.5. The van der Waals surface area contributed by atoms with Gasteiger partial charge in [-0.05, 0) is 31.1 Å². The smallest absolute Gasteiger partial charge is 0.137 e. The Morgan fingerprint density at radius 2 is 2.04 bits per heavy atom. The number of allylic oxidation sites excluding steroid dienone is 1. The van der Waals surface area contributed by atoms with Gasteiger partial charge < -0.3 is 16.1 Å². The number of ketones is 1.